The van der Waals surface area contributed by atoms with Crippen molar-refractivity contribution >= 4 is 23.2 Å². The Morgan fingerprint density at radius 2 is 2.06 bits per heavy atom. The van der Waals surface area contributed by atoms with Crippen LogP contribution in [0.2, 0.25) is 0 Å². The van der Waals surface area contributed by atoms with Crippen molar-refractivity contribution in [1.82, 2.24) is 5.32 Å². The molecule has 2 saturated carbocycles. The minimum absolute atomic E-state index is 0.148. The lowest BCUT2D eigenvalue weighted by Gasteiger charge is -2.04. The van der Waals surface area contributed by atoms with E-state index in [1.165, 1.54) is 30.6 Å². The number of amides is 1. The number of nitrogens with one attached hydrogen (secondary N) is 1. The average Bonchev–Trinajstić information content (AvgIpc) is 2.75. The Morgan fingerprint density at radius 1 is 1.33 bits per heavy atom. The Labute approximate surface area is 109 Å². The minimum atomic E-state index is -0.908. The first-order valence-electron chi connectivity index (χ1n) is 6.26. The zero-order chi connectivity index (χ0) is 12.7. The van der Waals surface area contributed by atoms with Gasteiger partial charge in [-0.1, -0.05) is 6.42 Å². The molecule has 0 radical (unpaired) electrons. The zero-order valence-electron chi connectivity index (χ0n) is 9.89. The predicted molar refractivity (Wildman–Crippen MR) is 67.4 cm³/mol. The summed E-state index contributed by atoms with van der Waals surface area (Å²) in [5.74, 6) is 0.729. The summed E-state index contributed by atoms with van der Waals surface area (Å²) >= 11 is 1.22. The highest BCUT2D eigenvalue weighted by atomic mass is 32.1. The third-order valence-electron chi connectivity index (χ3n) is 4.02. The highest BCUT2D eigenvalue weighted by molar-refractivity contribution is 7.13. The molecule has 2 aliphatic rings. The largest absolute Gasteiger partial charge is 0.477 e. The lowest BCUT2D eigenvalue weighted by atomic mass is 10.1. The van der Waals surface area contributed by atoms with Crippen LogP contribution < -0.4 is 5.32 Å². The zero-order valence-corrected chi connectivity index (χ0v) is 10.7. The molecule has 1 aromatic heterocycles. The third-order valence-corrected chi connectivity index (χ3v) is 5.09. The van der Waals surface area contributed by atoms with Crippen molar-refractivity contribution in [3.63, 3.8) is 0 Å². The molecule has 1 heterocycles. The van der Waals surface area contributed by atoms with E-state index in [4.69, 9.17) is 5.11 Å². The molecular formula is C13H15NO3S. The average molecular weight is 265 g/mol. The van der Waals surface area contributed by atoms with Crippen molar-refractivity contribution in [2.45, 2.75) is 25.8 Å². The van der Waals surface area contributed by atoms with Crippen LogP contribution in [0, 0.1) is 17.8 Å². The number of aromatic carboxylic acids is 1. The van der Waals surface area contributed by atoms with E-state index in [2.05, 4.69) is 5.32 Å². The van der Waals surface area contributed by atoms with Crippen LogP contribution in [-0.4, -0.2) is 17.0 Å². The molecule has 0 spiro atoms. The maximum atomic E-state index is 11.9. The van der Waals surface area contributed by atoms with Gasteiger partial charge in [0.1, 0.15) is 4.88 Å². The number of carbonyl (C=O) groups is 2. The molecule has 0 bridgehead atoms. The number of carbonyl (C=O) groups excluding carboxylic acids is 1. The Morgan fingerprint density at radius 3 is 2.67 bits per heavy atom. The molecule has 2 atom stereocenters. The molecule has 3 rings (SSSR count). The maximum absolute atomic E-state index is 11.9. The summed E-state index contributed by atoms with van der Waals surface area (Å²) in [4.78, 5) is 23.9. The first kappa shape index (κ1) is 11.7. The lowest BCUT2D eigenvalue weighted by Crippen LogP contribution is -2.25. The third kappa shape index (κ3) is 2.03. The van der Waals surface area contributed by atoms with Crippen LogP contribution in [0.5, 0.6) is 0 Å². The van der Waals surface area contributed by atoms with E-state index in [1.54, 1.807) is 12.1 Å². The van der Waals surface area contributed by atoms with Gasteiger partial charge in [0.25, 0.3) is 0 Å². The molecule has 2 aliphatic carbocycles. The van der Waals surface area contributed by atoms with Crippen LogP contribution in [0.25, 0.3) is 0 Å². The fraction of sp³-hybridized carbons (Fsp3) is 0.538. The number of thiophene rings is 1. The second-order valence-electron chi connectivity index (χ2n) is 5.07. The number of hydrogen-bond donors (Lipinski definition) is 2. The van der Waals surface area contributed by atoms with Crippen molar-refractivity contribution in [2.24, 2.45) is 17.8 Å². The van der Waals surface area contributed by atoms with Crippen LogP contribution in [0.1, 0.15) is 33.8 Å². The number of rotatable bonds is 4. The highest BCUT2D eigenvalue weighted by Crippen LogP contribution is 2.57. The second kappa shape index (κ2) is 4.39. The predicted octanol–water partition coefficient (Wildman–Crippen LogP) is 2.11. The van der Waals surface area contributed by atoms with E-state index in [0.717, 1.165) is 4.88 Å². The van der Waals surface area contributed by atoms with E-state index in [9.17, 15) is 9.59 Å². The molecule has 2 unspecified atom stereocenters. The van der Waals surface area contributed by atoms with E-state index >= 15 is 0 Å². The van der Waals surface area contributed by atoms with E-state index in [1.807, 2.05) is 0 Å². The van der Waals surface area contributed by atoms with Crippen LogP contribution in [-0.2, 0) is 11.3 Å². The van der Waals surface area contributed by atoms with Gasteiger partial charge >= 0.3 is 5.97 Å². The van der Waals surface area contributed by atoms with Gasteiger partial charge in [-0.05, 0) is 36.8 Å². The molecule has 2 fully saturated rings. The summed E-state index contributed by atoms with van der Waals surface area (Å²) in [6.07, 6.45) is 3.67. The lowest BCUT2D eigenvalue weighted by molar-refractivity contribution is -0.123. The van der Waals surface area contributed by atoms with Crippen molar-refractivity contribution in [1.29, 1.82) is 0 Å². The Balaban J connectivity index is 1.52. The van der Waals surface area contributed by atoms with E-state index in [-0.39, 0.29) is 11.8 Å². The second-order valence-corrected chi connectivity index (χ2v) is 6.24. The molecule has 5 heteroatoms. The van der Waals surface area contributed by atoms with Gasteiger partial charge in [0, 0.05) is 10.8 Å². The first-order chi connectivity index (χ1) is 8.66. The van der Waals surface area contributed by atoms with Crippen LogP contribution in [0.4, 0.5) is 0 Å². The van der Waals surface area contributed by atoms with Gasteiger partial charge in [0.15, 0.2) is 0 Å². The fourth-order valence-corrected chi connectivity index (χ4v) is 3.88. The summed E-state index contributed by atoms with van der Waals surface area (Å²) < 4.78 is 0. The standard InChI is InChI=1S/C13H15NO3S/c15-12(11-8-2-1-3-9(8)11)14-6-7-4-5-10(18-7)13(16)17/h4-5,8-9,11H,1-3,6H2,(H,14,15)(H,16,17). The summed E-state index contributed by atoms with van der Waals surface area (Å²) in [7, 11) is 0. The molecular weight excluding hydrogens is 250 g/mol. The molecule has 0 aromatic carbocycles. The van der Waals surface area contributed by atoms with Crippen LogP contribution in [0.3, 0.4) is 0 Å². The Kier molecular flexibility index (Phi) is 2.86. The molecule has 4 nitrogen and oxygen atoms in total. The Bertz CT molecular complexity index is 486. The molecule has 1 aromatic rings. The summed E-state index contributed by atoms with van der Waals surface area (Å²) in [5.41, 5.74) is 0. The summed E-state index contributed by atoms with van der Waals surface area (Å²) in [6, 6.07) is 3.35. The van der Waals surface area contributed by atoms with Gasteiger partial charge in [0.05, 0.1) is 6.54 Å². The highest BCUT2D eigenvalue weighted by Gasteiger charge is 2.56. The molecule has 96 valence electrons. The first-order valence-corrected chi connectivity index (χ1v) is 7.08. The smallest absolute Gasteiger partial charge is 0.345 e. The molecule has 0 saturated heterocycles. The molecule has 18 heavy (non-hydrogen) atoms. The SMILES string of the molecule is O=C(O)c1ccc(CNC(=O)C2C3CCCC32)s1. The van der Waals surface area contributed by atoms with E-state index in [0.29, 0.717) is 23.3 Å². The van der Waals surface area contributed by atoms with Gasteiger partial charge in [0.2, 0.25) is 5.91 Å². The minimum Gasteiger partial charge on any atom is -0.477 e. The summed E-state index contributed by atoms with van der Waals surface area (Å²) in [6.45, 7) is 0.451. The quantitative estimate of drug-likeness (QED) is 0.876. The topological polar surface area (TPSA) is 66.4 Å². The number of carboxylic acid groups (broad SMARTS) is 1. The summed E-state index contributed by atoms with van der Waals surface area (Å²) in [5, 5.41) is 11.7. The normalized spacial score (nSPS) is 28.8. The van der Waals surface area contributed by atoms with Gasteiger partial charge in [-0.15, -0.1) is 11.3 Å². The van der Waals surface area contributed by atoms with Crippen molar-refractivity contribution < 1.29 is 14.7 Å². The van der Waals surface area contributed by atoms with Crippen molar-refractivity contribution in [2.75, 3.05) is 0 Å². The molecule has 0 aliphatic heterocycles. The number of carboxylic acids is 1. The van der Waals surface area contributed by atoms with Crippen LogP contribution >= 0.6 is 11.3 Å². The van der Waals surface area contributed by atoms with Gasteiger partial charge < -0.3 is 10.4 Å². The molecule has 1 amide bonds. The van der Waals surface area contributed by atoms with Gasteiger partial charge in [-0.2, -0.15) is 0 Å². The number of hydrogen-bond acceptors (Lipinski definition) is 3. The monoisotopic (exact) mass is 265 g/mol. The fourth-order valence-electron chi connectivity index (χ4n) is 3.09. The van der Waals surface area contributed by atoms with Crippen molar-refractivity contribution in [3.05, 3.63) is 21.9 Å². The van der Waals surface area contributed by atoms with Gasteiger partial charge in [-0.3, -0.25) is 4.79 Å². The molecule has 2 N–H and O–H groups in total. The van der Waals surface area contributed by atoms with Crippen molar-refractivity contribution in [3.8, 4) is 0 Å². The van der Waals surface area contributed by atoms with Gasteiger partial charge in [-0.25, -0.2) is 4.79 Å². The maximum Gasteiger partial charge on any atom is 0.345 e. The Hall–Kier alpha value is -1.36. The van der Waals surface area contributed by atoms with E-state index < -0.39 is 5.97 Å². The van der Waals surface area contributed by atoms with Crippen LogP contribution in [0.15, 0.2) is 12.1 Å². The number of fused-ring (bicyclic) bond motifs is 1.